The number of thioether (sulfide) groups is 1. The van der Waals surface area contributed by atoms with E-state index in [0.29, 0.717) is 0 Å². The lowest BCUT2D eigenvalue weighted by molar-refractivity contribution is -0.129. The summed E-state index contributed by atoms with van der Waals surface area (Å²) in [5.41, 5.74) is 0.931. The van der Waals surface area contributed by atoms with Crippen molar-refractivity contribution >= 4 is 17.7 Å². The third-order valence-electron chi connectivity index (χ3n) is 3.98. The topological polar surface area (TPSA) is 64.2 Å². The molecule has 2 aromatic heterocycles. The second-order valence-electron chi connectivity index (χ2n) is 5.55. The van der Waals surface area contributed by atoms with Crippen molar-refractivity contribution in [1.29, 1.82) is 0 Å². The third-order valence-corrected chi connectivity index (χ3v) is 5.10. The summed E-state index contributed by atoms with van der Waals surface area (Å²) in [6.07, 6.45) is 3.86. The van der Waals surface area contributed by atoms with Crippen molar-refractivity contribution in [3.8, 4) is 11.4 Å². The molecule has 1 amide bonds. The molecule has 0 spiro atoms. The number of amides is 1. The van der Waals surface area contributed by atoms with E-state index in [9.17, 15) is 4.79 Å². The van der Waals surface area contributed by atoms with Gasteiger partial charge in [0.05, 0.1) is 17.1 Å². The molecule has 3 rings (SSSR count). The summed E-state index contributed by atoms with van der Waals surface area (Å²) in [6, 6.07) is 1.88. The van der Waals surface area contributed by atoms with E-state index in [1.54, 1.807) is 6.26 Å². The quantitative estimate of drug-likeness (QED) is 0.810. The Labute approximate surface area is 133 Å². The Hall–Kier alpha value is -1.76. The molecular formula is C15H20N4O2S. The zero-order chi connectivity index (χ0) is 15.7. The monoisotopic (exact) mass is 320 g/mol. The van der Waals surface area contributed by atoms with Crippen molar-refractivity contribution in [3.05, 3.63) is 18.1 Å². The third kappa shape index (κ3) is 2.77. The molecule has 1 aliphatic heterocycles. The highest BCUT2D eigenvalue weighted by Gasteiger charge is 2.26. The van der Waals surface area contributed by atoms with Crippen LogP contribution in [0.4, 0.5) is 0 Å². The minimum atomic E-state index is -0.153. The van der Waals surface area contributed by atoms with E-state index in [0.717, 1.165) is 48.2 Å². The van der Waals surface area contributed by atoms with Crippen LogP contribution in [0.3, 0.4) is 0 Å². The van der Waals surface area contributed by atoms with Crippen molar-refractivity contribution in [2.75, 3.05) is 13.1 Å². The van der Waals surface area contributed by atoms with Crippen LogP contribution in [0.1, 0.15) is 25.5 Å². The largest absolute Gasteiger partial charge is 0.469 e. The molecule has 1 unspecified atom stereocenters. The molecule has 2 aromatic rings. The predicted molar refractivity (Wildman–Crippen MR) is 84.6 cm³/mol. The summed E-state index contributed by atoms with van der Waals surface area (Å²) in [7, 11) is 1.91. The van der Waals surface area contributed by atoms with Gasteiger partial charge in [0.2, 0.25) is 5.91 Å². The summed E-state index contributed by atoms with van der Waals surface area (Å²) in [4.78, 5) is 14.3. The molecular weight excluding hydrogens is 300 g/mol. The number of aryl methyl sites for hydroxylation is 1. The van der Waals surface area contributed by atoms with Crippen LogP contribution < -0.4 is 0 Å². The van der Waals surface area contributed by atoms with Gasteiger partial charge in [-0.25, -0.2) is 0 Å². The summed E-state index contributed by atoms with van der Waals surface area (Å²) in [6.45, 7) is 5.59. The molecule has 3 heterocycles. The number of rotatable bonds is 4. The van der Waals surface area contributed by atoms with Gasteiger partial charge in [0.15, 0.2) is 11.0 Å². The first-order valence-electron chi connectivity index (χ1n) is 7.47. The molecule has 1 aliphatic rings. The standard InChI is InChI=1S/C15H20N4O2S/c1-10-12(6-9-21-10)13-16-17-15(18(13)3)22-11(2)14(20)19-7-4-5-8-19/h6,9,11H,4-5,7-8H2,1-3H3. The van der Waals surface area contributed by atoms with Crippen LogP contribution in [0.15, 0.2) is 21.9 Å². The van der Waals surface area contributed by atoms with E-state index in [2.05, 4.69) is 10.2 Å². The fraction of sp³-hybridized carbons (Fsp3) is 0.533. The number of nitrogens with zero attached hydrogens (tertiary/aromatic N) is 4. The van der Waals surface area contributed by atoms with Gasteiger partial charge in [-0.05, 0) is 32.8 Å². The fourth-order valence-corrected chi connectivity index (χ4v) is 3.57. The molecule has 22 heavy (non-hydrogen) atoms. The van der Waals surface area contributed by atoms with Gasteiger partial charge in [-0.15, -0.1) is 10.2 Å². The average molecular weight is 320 g/mol. The first kappa shape index (κ1) is 15.1. The van der Waals surface area contributed by atoms with Crippen LogP contribution in [-0.4, -0.2) is 43.9 Å². The molecule has 0 saturated carbocycles. The van der Waals surface area contributed by atoms with Gasteiger partial charge in [0.25, 0.3) is 0 Å². The van der Waals surface area contributed by atoms with Crippen molar-refractivity contribution in [1.82, 2.24) is 19.7 Å². The lowest BCUT2D eigenvalue weighted by atomic mass is 10.2. The lowest BCUT2D eigenvalue weighted by Crippen LogP contribution is -2.34. The van der Waals surface area contributed by atoms with Gasteiger partial charge in [-0.2, -0.15) is 0 Å². The van der Waals surface area contributed by atoms with Crippen LogP contribution in [0.25, 0.3) is 11.4 Å². The maximum atomic E-state index is 12.4. The Bertz CT molecular complexity index is 673. The average Bonchev–Trinajstić information content (AvgIpc) is 3.22. The van der Waals surface area contributed by atoms with Crippen LogP contribution in [0.5, 0.6) is 0 Å². The summed E-state index contributed by atoms with van der Waals surface area (Å²) < 4.78 is 7.23. The zero-order valence-corrected chi connectivity index (χ0v) is 13.9. The lowest BCUT2D eigenvalue weighted by Gasteiger charge is -2.19. The number of likely N-dealkylation sites (tertiary alicyclic amines) is 1. The Morgan fingerprint density at radius 2 is 2.09 bits per heavy atom. The maximum absolute atomic E-state index is 12.4. The summed E-state index contributed by atoms with van der Waals surface area (Å²) >= 11 is 1.46. The van der Waals surface area contributed by atoms with E-state index in [1.165, 1.54) is 11.8 Å². The van der Waals surface area contributed by atoms with Crippen molar-refractivity contribution in [2.45, 2.75) is 37.1 Å². The highest BCUT2D eigenvalue weighted by atomic mass is 32.2. The molecule has 0 aliphatic carbocycles. The highest BCUT2D eigenvalue weighted by molar-refractivity contribution is 8.00. The highest BCUT2D eigenvalue weighted by Crippen LogP contribution is 2.28. The van der Waals surface area contributed by atoms with Crippen molar-refractivity contribution in [2.24, 2.45) is 7.05 Å². The van der Waals surface area contributed by atoms with E-state index in [1.807, 2.05) is 36.4 Å². The SMILES string of the molecule is Cc1occc1-c1nnc(SC(C)C(=O)N2CCCC2)n1C. The Morgan fingerprint density at radius 3 is 2.73 bits per heavy atom. The summed E-state index contributed by atoms with van der Waals surface area (Å²) in [5, 5.41) is 9.05. The molecule has 0 radical (unpaired) electrons. The van der Waals surface area contributed by atoms with E-state index < -0.39 is 0 Å². The van der Waals surface area contributed by atoms with E-state index in [-0.39, 0.29) is 11.2 Å². The Balaban J connectivity index is 1.74. The van der Waals surface area contributed by atoms with E-state index >= 15 is 0 Å². The molecule has 1 atom stereocenters. The number of furan rings is 1. The zero-order valence-electron chi connectivity index (χ0n) is 13.1. The predicted octanol–water partition coefficient (Wildman–Crippen LogP) is 2.49. The molecule has 7 heteroatoms. The first-order chi connectivity index (χ1) is 10.6. The normalized spacial score (nSPS) is 16.2. The first-order valence-corrected chi connectivity index (χ1v) is 8.35. The maximum Gasteiger partial charge on any atom is 0.235 e. The molecule has 1 saturated heterocycles. The minimum Gasteiger partial charge on any atom is -0.469 e. The summed E-state index contributed by atoms with van der Waals surface area (Å²) in [5.74, 6) is 1.76. The number of aromatic nitrogens is 3. The van der Waals surface area contributed by atoms with Crippen LogP contribution >= 0.6 is 11.8 Å². The smallest absolute Gasteiger partial charge is 0.235 e. The van der Waals surface area contributed by atoms with Crippen LogP contribution in [-0.2, 0) is 11.8 Å². The molecule has 0 N–H and O–H groups in total. The Morgan fingerprint density at radius 1 is 1.36 bits per heavy atom. The Kier molecular flexibility index (Phi) is 4.24. The van der Waals surface area contributed by atoms with Gasteiger partial charge in [0, 0.05) is 20.1 Å². The number of carbonyl (C=O) groups is 1. The molecule has 1 fully saturated rings. The van der Waals surface area contributed by atoms with Gasteiger partial charge in [-0.3, -0.25) is 4.79 Å². The molecule has 6 nitrogen and oxygen atoms in total. The van der Waals surface area contributed by atoms with Gasteiger partial charge >= 0.3 is 0 Å². The second kappa shape index (κ2) is 6.16. The van der Waals surface area contributed by atoms with Crippen LogP contribution in [0, 0.1) is 6.92 Å². The van der Waals surface area contributed by atoms with Gasteiger partial charge in [-0.1, -0.05) is 11.8 Å². The molecule has 0 aromatic carbocycles. The minimum absolute atomic E-state index is 0.153. The fourth-order valence-electron chi connectivity index (χ4n) is 2.67. The van der Waals surface area contributed by atoms with E-state index in [4.69, 9.17) is 4.42 Å². The van der Waals surface area contributed by atoms with Crippen LogP contribution in [0.2, 0.25) is 0 Å². The van der Waals surface area contributed by atoms with Crippen molar-refractivity contribution < 1.29 is 9.21 Å². The number of hydrogen-bond donors (Lipinski definition) is 0. The molecule has 118 valence electrons. The van der Waals surface area contributed by atoms with Crippen molar-refractivity contribution in [3.63, 3.8) is 0 Å². The number of hydrogen-bond acceptors (Lipinski definition) is 5. The second-order valence-corrected chi connectivity index (χ2v) is 6.86. The number of carbonyl (C=O) groups excluding carboxylic acids is 1. The molecule has 0 bridgehead atoms. The van der Waals surface area contributed by atoms with Gasteiger partial charge < -0.3 is 13.9 Å². The van der Waals surface area contributed by atoms with Gasteiger partial charge in [0.1, 0.15) is 5.76 Å².